The zero-order valence-corrected chi connectivity index (χ0v) is 20.0. The van der Waals surface area contributed by atoms with Crippen molar-refractivity contribution >= 4 is 10.0 Å². The molecule has 0 spiro atoms. The number of ether oxygens (including phenoxy) is 1. The molecule has 0 aromatic heterocycles. The van der Waals surface area contributed by atoms with Crippen LogP contribution in [0.4, 0.5) is 0 Å². The summed E-state index contributed by atoms with van der Waals surface area (Å²) < 4.78 is 34.4. The summed E-state index contributed by atoms with van der Waals surface area (Å²) in [5.41, 5.74) is 2.86. The maximum Gasteiger partial charge on any atom is 0.243 e. The minimum absolute atomic E-state index is 0.0159. The van der Waals surface area contributed by atoms with Gasteiger partial charge in [-0.25, -0.2) is 8.42 Å². The molecular weight excluding hydrogens is 460 g/mol. The largest absolute Gasteiger partial charge is 0.494 e. The number of hydrogen-bond acceptors (Lipinski definition) is 6. The predicted molar refractivity (Wildman–Crippen MR) is 133 cm³/mol. The third-order valence-corrected chi connectivity index (χ3v) is 7.53. The molecule has 3 aromatic rings. The van der Waals surface area contributed by atoms with Crippen molar-refractivity contribution in [1.29, 1.82) is 10.5 Å². The summed E-state index contributed by atoms with van der Waals surface area (Å²) in [6.07, 6.45) is 2.10. The van der Waals surface area contributed by atoms with E-state index in [4.69, 9.17) is 10.00 Å². The molecule has 1 saturated heterocycles. The van der Waals surface area contributed by atoms with Gasteiger partial charge in [-0.2, -0.15) is 15.2 Å². The highest BCUT2D eigenvalue weighted by atomic mass is 32.2. The molecule has 1 heterocycles. The predicted octanol–water partition coefficient (Wildman–Crippen LogP) is 4.27. The van der Waals surface area contributed by atoms with Crippen LogP contribution in [0.1, 0.15) is 30.4 Å². The molecule has 1 atom stereocenters. The van der Waals surface area contributed by atoms with Gasteiger partial charge in [0.25, 0.3) is 0 Å². The van der Waals surface area contributed by atoms with Crippen LogP contribution in [0.25, 0.3) is 11.1 Å². The van der Waals surface area contributed by atoms with Gasteiger partial charge in [-0.05, 0) is 73.3 Å². The lowest BCUT2D eigenvalue weighted by molar-refractivity contribution is 0.214. The summed E-state index contributed by atoms with van der Waals surface area (Å²) in [7, 11) is -3.79. The van der Waals surface area contributed by atoms with E-state index in [9.17, 15) is 13.7 Å². The number of hydrogen-bond donors (Lipinski definition) is 1. The highest BCUT2D eigenvalue weighted by Gasteiger charge is 2.29. The second kappa shape index (κ2) is 11.2. The van der Waals surface area contributed by atoms with Crippen LogP contribution >= 0.6 is 0 Å². The third-order valence-electron chi connectivity index (χ3n) is 6.01. The molecule has 0 amide bonds. The number of nitrogens with one attached hydrogen (secondary N) is 1. The Bertz CT molecular complexity index is 1340. The number of benzene rings is 3. The van der Waals surface area contributed by atoms with Crippen molar-refractivity contribution in [2.75, 3.05) is 19.7 Å². The van der Waals surface area contributed by atoms with E-state index < -0.39 is 10.0 Å². The Morgan fingerprint density at radius 2 is 1.63 bits per heavy atom. The molecule has 0 saturated carbocycles. The van der Waals surface area contributed by atoms with Crippen molar-refractivity contribution in [3.05, 3.63) is 83.9 Å². The first kappa shape index (κ1) is 24.4. The van der Waals surface area contributed by atoms with Crippen LogP contribution in [0.15, 0.2) is 77.7 Å². The van der Waals surface area contributed by atoms with Gasteiger partial charge < -0.3 is 4.74 Å². The van der Waals surface area contributed by atoms with Gasteiger partial charge in [0.1, 0.15) is 11.8 Å². The zero-order chi connectivity index (χ0) is 24.7. The van der Waals surface area contributed by atoms with Crippen molar-refractivity contribution in [1.82, 2.24) is 9.62 Å². The van der Waals surface area contributed by atoms with E-state index in [-0.39, 0.29) is 16.6 Å². The third kappa shape index (κ3) is 6.06. The molecule has 35 heavy (non-hydrogen) atoms. The Hall–Kier alpha value is -3.69. The molecule has 1 unspecified atom stereocenters. The minimum Gasteiger partial charge on any atom is -0.494 e. The lowest BCUT2D eigenvalue weighted by Crippen LogP contribution is -2.44. The van der Waals surface area contributed by atoms with Crippen molar-refractivity contribution in [3.63, 3.8) is 0 Å². The van der Waals surface area contributed by atoms with E-state index in [0.717, 1.165) is 42.7 Å². The van der Waals surface area contributed by atoms with Gasteiger partial charge in [0.15, 0.2) is 0 Å². The SMILES string of the molecule is N#Cc1ccc(-c2ccc(OCCCN3CCCC3NS(=O)(=O)c3ccccc3C#N)cc2)cc1. The van der Waals surface area contributed by atoms with Crippen LogP contribution in [-0.4, -0.2) is 39.2 Å². The Morgan fingerprint density at radius 1 is 0.943 bits per heavy atom. The summed E-state index contributed by atoms with van der Waals surface area (Å²) in [5.74, 6) is 0.772. The fourth-order valence-corrected chi connectivity index (χ4v) is 5.61. The van der Waals surface area contributed by atoms with Gasteiger partial charge in [-0.3, -0.25) is 4.90 Å². The molecule has 3 aromatic carbocycles. The number of rotatable bonds is 9. The van der Waals surface area contributed by atoms with Crippen LogP contribution in [0.5, 0.6) is 5.75 Å². The first-order chi connectivity index (χ1) is 17.0. The molecule has 7 nitrogen and oxygen atoms in total. The van der Waals surface area contributed by atoms with Crippen LogP contribution in [0.3, 0.4) is 0 Å². The molecule has 1 aliphatic rings. The Morgan fingerprint density at radius 3 is 2.31 bits per heavy atom. The van der Waals surface area contributed by atoms with E-state index in [0.29, 0.717) is 18.7 Å². The van der Waals surface area contributed by atoms with Gasteiger partial charge in [0.2, 0.25) is 10.0 Å². The van der Waals surface area contributed by atoms with Gasteiger partial charge in [0, 0.05) is 6.54 Å². The van der Waals surface area contributed by atoms with E-state index in [1.165, 1.54) is 12.1 Å². The van der Waals surface area contributed by atoms with Crippen molar-refractivity contribution in [3.8, 4) is 29.0 Å². The van der Waals surface area contributed by atoms with Gasteiger partial charge in [-0.15, -0.1) is 0 Å². The fraction of sp³-hybridized carbons (Fsp3) is 0.259. The van der Waals surface area contributed by atoms with E-state index in [1.807, 2.05) is 42.5 Å². The first-order valence-corrected chi connectivity index (χ1v) is 13.0. The van der Waals surface area contributed by atoms with Crippen LogP contribution in [-0.2, 0) is 10.0 Å². The van der Waals surface area contributed by atoms with Crippen LogP contribution in [0, 0.1) is 22.7 Å². The number of nitrogens with zero attached hydrogens (tertiary/aromatic N) is 3. The van der Waals surface area contributed by atoms with Crippen molar-refractivity contribution in [2.24, 2.45) is 0 Å². The summed E-state index contributed by atoms with van der Waals surface area (Å²) >= 11 is 0. The normalized spacial score (nSPS) is 15.9. The standard InChI is InChI=1S/C27H26N4O3S/c28-19-21-8-10-22(11-9-21)23-12-14-25(15-13-23)34-18-4-17-31-16-3-7-27(31)30-35(32,33)26-6-2-1-5-24(26)20-29/h1-2,5-6,8-15,27,30H,3-4,7,16-18H2. The van der Waals surface area contributed by atoms with Crippen molar-refractivity contribution < 1.29 is 13.2 Å². The summed E-state index contributed by atoms with van der Waals surface area (Å²) in [4.78, 5) is 2.13. The molecule has 0 aliphatic carbocycles. The zero-order valence-electron chi connectivity index (χ0n) is 19.2. The summed E-state index contributed by atoms with van der Waals surface area (Å²) in [6.45, 7) is 2.03. The number of likely N-dealkylation sites (tertiary alicyclic amines) is 1. The van der Waals surface area contributed by atoms with Crippen molar-refractivity contribution in [2.45, 2.75) is 30.3 Å². The summed E-state index contributed by atoms with van der Waals surface area (Å²) in [5, 5.41) is 18.2. The molecule has 1 fully saturated rings. The fourth-order valence-electron chi connectivity index (χ4n) is 4.20. The maximum absolute atomic E-state index is 12.9. The average molecular weight is 487 g/mol. The lowest BCUT2D eigenvalue weighted by atomic mass is 10.0. The Kier molecular flexibility index (Phi) is 7.79. The van der Waals surface area contributed by atoms with Gasteiger partial charge in [0.05, 0.1) is 34.9 Å². The second-order valence-electron chi connectivity index (χ2n) is 8.34. The van der Waals surface area contributed by atoms with Gasteiger partial charge >= 0.3 is 0 Å². The smallest absolute Gasteiger partial charge is 0.243 e. The highest BCUT2D eigenvalue weighted by molar-refractivity contribution is 7.89. The molecule has 8 heteroatoms. The molecule has 178 valence electrons. The Labute approximate surface area is 206 Å². The van der Waals surface area contributed by atoms with E-state index in [1.54, 1.807) is 24.3 Å². The minimum atomic E-state index is -3.79. The molecule has 0 bridgehead atoms. The molecule has 1 N–H and O–H groups in total. The topological polar surface area (TPSA) is 106 Å². The van der Waals surface area contributed by atoms with E-state index >= 15 is 0 Å². The van der Waals surface area contributed by atoms with Gasteiger partial charge in [-0.1, -0.05) is 36.4 Å². The molecular formula is C27H26N4O3S. The van der Waals surface area contributed by atoms with E-state index in [2.05, 4.69) is 15.7 Å². The number of nitriles is 2. The molecule has 0 radical (unpaired) electrons. The van der Waals surface area contributed by atoms with Crippen LogP contribution in [0.2, 0.25) is 0 Å². The first-order valence-electron chi connectivity index (χ1n) is 11.5. The quantitative estimate of drug-likeness (QED) is 0.453. The number of sulfonamides is 1. The molecule has 4 rings (SSSR count). The lowest BCUT2D eigenvalue weighted by Gasteiger charge is -2.25. The van der Waals surface area contributed by atoms with Crippen LogP contribution < -0.4 is 9.46 Å². The molecule has 1 aliphatic heterocycles. The average Bonchev–Trinajstić information content (AvgIpc) is 3.33. The highest BCUT2D eigenvalue weighted by Crippen LogP contribution is 2.24. The second-order valence-corrected chi connectivity index (χ2v) is 10.0. The maximum atomic E-state index is 12.9. The Balaban J connectivity index is 1.27. The summed E-state index contributed by atoms with van der Waals surface area (Å²) in [6, 6.07) is 25.6. The monoisotopic (exact) mass is 486 g/mol.